The average Bonchev–Trinajstić information content (AvgIpc) is 3.08. The first-order chi connectivity index (χ1) is 10.6. The number of aromatic nitrogens is 4. The first-order valence-electron chi connectivity index (χ1n) is 6.63. The van der Waals surface area contributed by atoms with Crippen LogP contribution in [0.2, 0.25) is 0 Å². The first-order valence-corrected chi connectivity index (χ1v) is 7.51. The van der Waals surface area contributed by atoms with E-state index in [1.54, 1.807) is 13.0 Å². The molecule has 2 aromatic heterocycles. The second kappa shape index (κ2) is 6.27. The van der Waals surface area contributed by atoms with Crippen LogP contribution < -0.4 is 0 Å². The van der Waals surface area contributed by atoms with E-state index < -0.39 is 0 Å². The molecule has 0 fully saturated rings. The Balaban J connectivity index is 1.66. The summed E-state index contributed by atoms with van der Waals surface area (Å²) in [6.07, 6.45) is 0.388. The van der Waals surface area contributed by atoms with Gasteiger partial charge in [-0.2, -0.15) is 0 Å². The number of thioether (sulfide) groups is 1. The average molecular weight is 320 g/mol. The fraction of sp³-hybridized carbons (Fsp3) is 0.286. The van der Waals surface area contributed by atoms with Gasteiger partial charge in [-0.1, -0.05) is 23.9 Å². The Morgan fingerprint density at radius 2 is 2.05 bits per heavy atom. The van der Waals surface area contributed by atoms with Crippen LogP contribution in [0.3, 0.4) is 0 Å². The molecule has 1 aromatic carbocycles. The predicted octanol–water partition coefficient (Wildman–Crippen LogP) is 3.34. The van der Waals surface area contributed by atoms with Crippen LogP contribution in [0, 0.1) is 12.7 Å². The molecule has 3 rings (SSSR count). The van der Waals surface area contributed by atoms with Crippen molar-refractivity contribution in [2.75, 3.05) is 0 Å². The number of halogens is 1. The van der Waals surface area contributed by atoms with Gasteiger partial charge in [0.15, 0.2) is 0 Å². The third-order valence-corrected chi connectivity index (χ3v) is 3.78. The Labute approximate surface area is 130 Å². The summed E-state index contributed by atoms with van der Waals surface area (Å²) in [5, 5.41) is 16.0. The lowest BCUT2D eigenvalue weighted by molar-refractivity contribution is 0.417. The zero-order valence-corrected chi connectivity index (χ0v) is 12.8. The largest absolute Gasteiger partial charge is 0.424 e. The fourth-order valence-electron chi connectivity index (χ4n) is 1.86. The summed E-state index contributed by atoms with van der Waals surface area (Å²) < 4.78 is 24.1. The van der Waals surface area contributed by atoms with Crippen molar-refractivity contribution in [2.45, 2.75) is 30.7 Å². The van der Waals surface area contributed by atoms with Crippen LogP contribution in [0.4, 0.5) is 4.39 Å². The van der Waals surface area contributed by atoms with Crippen molar-refractivity contribution >= 4 is 11.8 Å². The van der Waals surface area contributed by atoms with Crippen LogP contribution in [-0.4, -0.2) is 20.4 Å². The van der Waals surface area contributed by atoms with E-state index >= 15 is 0 Å². The second-order valence-electron chi connectivity index (χ2n) is 4.69. The molecule has 0 aliphatic heterocycles. The Kier molecular flexibility index (Phi) is 4.19. The molecule has 6 nitrogen and oxygen atoms in total. The number of benzene rings is 1. The monoisotopic (exact) mass is 320 g/mol. The first kappa shape index (κ1) is 14.7. The number of hydrogen-bond donors (Lipinski definition) is 0. The van der Waals surface area contributed by atoms with Gasteiger partial charge in [-0.25, -0.2) is 4.39 Å². The van der Waals surface area contributed by atoms with Gasteiger partial charge in [0.2, 0.25) is 17.7 Å². The topological polar surface area (TPSA) is 77.8 Å². The molecular weight excluding hydrogens is 307 g/mol. The highest BCUT2D eigenvalue weighted by Gasteiger charge is 2.18. The summed E-state index contributed by atoms with van der Waals surface area (Å²) in [4.78, 5) is 0. The third kappa shape index (κ3) is 3.51. The lowest BCUT2D eigenvalue weighted by Crippen LogP contribution is -1.89. The zero-order valence-electron chi connectivity index (χ0n) is 12.0. The van der Waals surface area contributed by atoms with E-state index in [2.05, 4.69) is 20.4 Å². The van der Waals surface area contributed by atoms with Crippen LogP contribution in [0.1, 0.15) is 35.4 Å². The summed E-state index contributed by atoms with van der Waals surface area (Å²) in [6, 6.07) is 6.30. The van der Waals surface area contributed by atoms with E-state index in [0.717, 1.165) is 5.56 Å². The summed E-state index contributed by atoms with van der Waals surface area (Å²) >= 11 is 1.33. The lowest BCUT2D eigenvalue weighted by Gasteiger charge is -2.01. The van der Waals surface area contributed by atoms with Gasteiger partial charge in [-0.05, 0) is 24.6 Å². The molecular formula is C14H13FN4O2S. The molecule has 0 saturated heterocycles. The molecule has 1 atom stereocenters. The molecule has 0 N–H and O–H groups in total. The Bertz CT molecular complexity index is 774. The Morgan fingerprint density at radius 3 is 2.77 bits per heavy atom. The smallest absolute Gasteiger partial charge is 0.277 e. The lowest BCUT2D eigenvalue weighted by atomic mass is 10.1. The Morgan fingerprint density at radius 1 is 1.18 bits per heavy atom. The Hall–Kier alpha value is -2.22. The van der Waals surface area contributed by atoms with E-state index in [1.165, 1.54) is 23.9 Å². The molecule has 22 heavy (non-hydrogen) atoms. The molecule has 114 valence electrons. The fourth-order valence-corrected chi connectivity index (χ4v) is 2.59. The highest BCUT2D eigenvalue weighted by molar-refractivity contribution is 7.99. The van der Waals surface area contributed by atoms with Crippen LogP contribution in [-0.2, 0) is 6.42 Å². The van der Waals surface area contributed by atoms with Gasteiger partial charge in [0.25, 0.3) is 5.22 Å². The zero-order chi connectivity index (χ0) is 15.5. The van der Waals surface area contributed by atoms with Crippen molar-refractivity contribution in [1.82, 2.24) is 20.4 Å². The van der Waals surface area contributed by atoms with Crippen LogP contribution in [0.15, 0.2) is 38.3 Å². The quantitative estimate of drug-likeness (QED) is 0.667. The minimum absolute atomic E-state index is 0.0938. The van der Waals surface area contributed by atoms with Crippen molar-refractivity contribution in [2.24, 2.45) is 0 Å². The summed E-state index contributed by atoms with van der Waals surface area (Å²) in [5.41, 5.74) is 0.778. The van der Waals surface area contributed by atoms with Gasteiger partial charge >= 0.3 is 0 Å². The highest BCUT2D eigenvalue weighted by atomic mass is 32.2. The van der Waals surface area contributed by atoms with Crippen molar-refractivity contribution in [3.8, 4) is 0 Å². The van der Waals surface area contributed by atoms with Gasteiger partial charge < -0.3 is 8.83 Å². The van der Waals surface area contributed by atoms with E-state index in [0.29, 0.717) is 29.3 Å². The molecule has 2 heterocycles. The molecule has 0 amide bonds. The predicted molar refractivity (Wildman–Crippen MR) is 76.8 cm³/mol. The third-order valence-electron chi connectivity index (χ3n) is 2.86. The molecule has 8 heteroatoms. The normalized spacial score (nSPS) is 12.5. The van der Waals surface area contributed by atoms with Crippen LogP contribution in [0.25, 0.3) is 0 Å². The summed E-state index contributed by atoms with van der Waals surface area (Å²) in [5.74, 6) is 1.17. The SMILES string of the molecule is Cc1nnc(C(C)Sc2nnc(Cc3cccc(F)c3)o2)o1. The van der Waals surface area contributed by atoms with E-state index in [1.807, 2.05) is 13.0 Å². The van der Waals surface area contributed by atoms with Gasteiger partial charge in [-0.15, -0.1) is 20.4 Å². The van der Waals surface area contributed by atoms with E-state index in [4.69, 9.17) is 8.83 Å². The van der Waals surface area contributed by atoms with Gasteiger partial charge in [0, 0.05) is 6.92 Å². The molecule has 3 aromatic rings. The number of nitrogens with zero attached hydrogens (tertiary/aromatic N) is 4. The molecule has 1 unspecified atom stereocenters. The molecule has 0 aliphatic carbocycles. The molecule has 0 saturated carbocycles. The van der Waals surface area contributed by atoms with Gasteiger partial charge in [0.05, 0.1) is 11.7 Å². The van der Waals surface area contributed by atoms with Crippen LogP contribution in [0.5, 0.6) is 0 Å². The standard InChI is InChI=1S/C14H13FN4O2S/c1-8(13-18-16-9(2)20-13)22-14-19-17-12(21-14)7-10-4-3-5-11(15)6-10/h3-6,8H,7H2,1-2H3. The van der Waals surface area contributed by atoms with Gasteiger partial charge in [-0.3, -0.25) is 0 Å². The molecule has 0 aliphatic rings. The summed E-state index contributed by atoms with van der Waals surface area (Å²) in [6.45, 7) is 3.64. The second-order valence-corrected chi connectivity index (χ2v) is 5.98. The van der Waals surface area contributed by atoms with E-state index in [9.17, 15) is 4.39 Å². The number of aryl methyl sites for hydroxylation is 1. The maximum Gasteiger partial charge on any atom is 0.277 e. The summed E-state index contributed by atoms with van der Waals surface area (Å²) in [7, 11) is 0. The number of rotatable bonds is 5. The molecule has 0 bridgehead atoms. The highest BCUT2D eigenvalue weighted by Crippen LogP contribution is 2.33. The molecule has 0 radical (unpaired) electrons. The van der Waals surface area contributed by atoms with Crippen molar-refractivity contribution in [3.05, 3.63) is 53.3 Å². The van der Waals surface area contributed by atoms with Crippen molar-refractivity contribution < 1.29 is 13.2 Å². The maximum absolute atomic E-state index is 13.1. The van der Waals surface area contributed by atoms with Gasteiger partial charge in [0.1, 0.15) is 5.82 Å². The maximum atomic E-state index is 13.1. The van der Waals surface area contributed by atoms with E-state index in [-0.39, 0.29) is 11.1 Å². The number of hydrogen-bond acceptors (Lipinski definition) is 7. The van der Waals surface area contributed by atoms with Crippen molar-refractivity contribution in [1.29, 1.82) is 0 Å². The van der Waals surface area contributed by atoms with Crippen molar-refractivity contribution in [3.63, 3.8) is 0 Å². The van der Waals surface area contributed by atoms with Crippen LogP contribution >= 0.6 is 11.8 Å². The molecule has 0 spiro atoms. The minimum atomic E-state index is -0.285. The minimum Gasteiger partial charge on any atom is -0.424 e.